The molecule has 1 saturated heterocycles. The van der Waals surface area contributed by atoms with Crippen molar-refractivity contribution in [3.8, 4) is 17.2 Å². The largest absolute Gasteiger partial charge is 0.494 e. The van der Waals surface area contributed by atoms with Crippen LogP contribution in [0.25, 0.3) is 16.6 Å². The SMILES string of the molecule is COCOc1cccc2c1c(Cc1ccc(C(=O)O)cc1)c(C1CCOCC1)n2-c1ccc(F)c(OC)c1. The molecule has 198 valence electrons. The van der Waals surface area contributed by atoms with Crippen molar-refractivity contribution in [2.75, 3.05) is 34.2 Å². The maximum absolute atomic E-state index is 14.4. The van der Waals surface area contributed by atoms with Crippen molar-refractivity contribution in [2.45, 2.75) is 25.2 Å². The van der Waals surface area contributed by atoms with Crippen molar-refractivity contribution in [3.63, 3.8) is 0 Å². The molecule has 7 nitrogen and oxygen atoms in total. The Hall–Kier alpha value is -3.88. The number of aromatic carboxylic acids is 1. The molecular weight excluding hydrogens is 489 g/mol. The van der Waals surface area contributed by atoms with Crippen molar-refractivity contribution >= 4 is 16.9 Å². The summed E-state index contributed by atoms with van der Waals surface area (Å²) >= 11 is 0. The highest BCUT2D eigenvalue weighted by Gasteiger charge is 2.29. The summed E-state index contributed by atoms with van der Waals surface area (Å²) in [5.74, 6) is -0.349. The zero-order valence-corrected chi connectivity index (χ0v) is 21.4. The van der Waals surface area contributed by atoms with E-state index in [-0.39, 0.29) is 24.0 Å². The first-order chi connectivity index (χ1) is 18.5. The Morgan fingerprint density at radius 1 is 1.05 bits per heavy atom. The quantitative estimate of drug-likeness (QED) is 0.276. The van der Waals surface area contributed by atoms with Crippen molar-refractivity contribution in [1.29, 1.82) is 0 Å². The van der Waals surface area contributed by atoms with E-state index in [1.54, 1.807) is 31.4 Å². The van der Waals surface area contributed by atoms with Gasteiger partial charge in [-0.05, 0) is 66.8 Å². The molecule has 2 heterocycles. The number of carbonyl (C=O) groups is 1. The molecule has 1 aliphatic rings. The van der Waals surface area contributed by atoms with Gasteiger partial charge >= 0.3 is 5.97 Å². The standard InChI is InChI=1S/C30H30FNO6/c1-35-18-38-26-5-3-4-25-28(26)23(16-19-6-8-21(9-7-19)30(33)34)29(20-12-14-37-15-13-20)32(25)22-10-11-24(31)27(17-22)36-2/h3-11,17,20H,12-16,18H2,1-2H3,(H,33,34). The lowest BCUT2D eigenvalue weighted by Gasteiger charge is -2.26. The maximum Gasteiger partial charge on any atom is 0.335 e. The molecule has 0 spiro atoms. The number of methoxy groups -OCH3 is 2. The average Bonchev–Trinajstić information content (AvgIpc) is 3.27. The molecule has 4 aromatic rings. The Bertz CT molecular complexity index is 1440. The van der Waals surface area contributed by atoms with E-state index >= 15 is 0 Å². The molecule has 0 saturated carbocycles. The molecule has 1 aromatic heterocycles. The number of nitrogens with zero attached hydrogens (tertiary/aromatic N) is 1. The van der Waals surface area contributed by atoms with E-state index in [2.05, 4.69) is 4.57 Å². The number of carboxylic acids is 1. The van der Waals surface area contributed by atoms with Crippen LogP contribution in [0.15, 0.2) is 60.7 Å². The van der Waals surface area contributed by atoms with Crippen molar-refractivity contribution in [3.05, 3.63) is 88.9 Å². The highest BCUT2D eigenvalue weighted by Crippen LogP contribution is 2.43. The third-order valence-electron chi connectivity index (χ3n) is 7.01. The molecule has 8 heteroatoms. The fraction of sp³-hybridized carbons (Fsp3) is 0.300. The molecule has 38 heavy (non-hydrogen) atoms. The monoisotopic (exact) mass is 519 g/mol. The molecule has 0 atom stereocenters. The van der Waals surface area contributed by atoms with Crippen molar-refractivity contribution < 1.29 is 33.2 Å². The summed E-state index contributed by atoms with van der Waals surface area (Å²) in [4.78, 5) is 11.4. The Balaban J connectivity index is 1.78. The van der Waals surface area contributed by atoms with Crippen LogP contribution in [0.3, 0.4) is 0 Å². The number of carboxylic acid groups (broad SMARTS) is 1. The first-order valence-corrected chi connectivity index (χ1v) is 12.5. The molecule has 5 rings (SSSR count). The second-order valence-electron chi connectivity index (χ2n) is 9.28. The van der Waals surface area contributed by atoms with E-state index in [9.17, 15) is 14.3 Å². The molecule has 0 amide bonds. The summed E-state index contributed by atoms with van der Waals surface area (Å²) in [5, 5.41) is 10.3. The molecule has 0 unspecified atom stereocenters. The Labute approximate surface area is 220 Å². The normalized spacial score (nSPS) is 14.1. The summed E-state index contributed by atoms with van der Waals surface area (Å²) < 4.78 is 38.8. The summed E-state index contributed by atoms with van der Waals surface area (Å²) in [7, 11) is 3.03. The Kier molecular flexibility index (Phi) is 7.62. The van der Waals surface area contributed by atoms with Gasteiger partial charge in [-0.15, -0.1) is 0 Å². The van der Waals surface area contributed by atoms with Crippen LogP contribution in [-0.4, -0.2) is 49.9 Å². The fourth-order valence-corrected chi connectivity index (χ4v) is 5.26. The number of rotatable bonds is 9. The van der Waals surface area contributed by atoms with Crippen LogP contribution < -0.4 is 9.47 Å². The van der Waals surface area contributed by atoms with Gasteiger partial charge in [0.15, 0.2) is 18.4 Å². The molecule has 0 bridgehead atoms. The number of benzene rings is 3. The van der Waals surface area contributed by atoms with Gasteiger partial charge in [0.25, 0.3) is 0 Å². The van der Waals surface area contributed by atoms with Crippen molar-refractivity contribution in [2.24, 2.45) is 0 Å². The number of hydrogen-bond acceptors (Lipinski definition) is 5. The first kappa shape index (κ1) is 25.8. The van der Waals surface area contributed by atoms with Crippen LogP contribution >= 0.6 is 0 Å². The fourth-order valence-electron chi connectivity index (χ4n) is 5.26. The van der Waals surface area contributed by atoms with Gasteiger partial charge in [0.2, 0.25) is 0 Å². The molecule has 0 radical (unpaired) electrons. The lowest BCUT2D eigenvalue weighted by atomic mass is 9.90. The Morgan fingerprint density at radius 3 is 2.50 bits per heavy atom. The number of fused-ring (bicyclic) bond motifs is 1. The zero-order valence-electron chi connectivity index (χ0n) is 21.4. The van der Waals surface area contributed by atoms with Gasteiger partial charge in [-0.2, -0.15) is 0 Å². The molecule has 3 aromatic carbocycles. The number of aromatic nitrogens is 1. The zero-order chi connectivity index (χ0) is 26.6. The van der Waals surface area contributed by atoms with Gasteiger partial charge in [0.1, 0.15) is 5.75 Å². The molecule has 1 fully saturated rings. The van der Waals surface area contributed by atoms with Gasteiger partial charge in [0, 0.05) is 49.1 Å². The highest BCUT2D eigenvalue weighted by molar-refractivity contribution is 5.93. The smallest absolute Gasteiger partial charge is 0.335 e. The minimum Gasteiger partial charge on any atom is -0.494 e. The van der Waals surface area contributed by atoms with Gasteiger partial charge in [0.05, 0.1) is 18.2 Å². The van der Waals surface area contributed by atoms with Crippen LogP contribution in [0, 0.1) is 5.82 Å². The van der Waals surface area contributed by atoms with Crippen LogP contribution in [0.2, 0.25) is 0 Å². The van der Waals surface area contributed by atoms with Crippen LogP contribution in [0.5, 0.6) is 11.5 Å². The molecule has 1 aliphatic heterocycles. The second kappa shape index (κ2) is 11.2. The van der Waals surface area contributed by atoms with Crippen LogP contribution in [-0.2, 0) is 15.9 Å². The minimum atomic E-state index is -0.962. The topological polar surface area (TPSA) is 79.2 Å². The van der Waals surface area contributed by atoms with E-state index in [4.69, 9.17) is 18.9 Å². The maximum atomic E-state index is 14.4. The predicted octanol–water partition coefficient (Wildman–Crippen LogP) is 5.94. The van der Waals surface area contributed by atoms with Gasteiger partial charge in [-0.3, -0.25) is 0 Å². The van der Waals surface area contributed by atoms with E-state index < -0.39 is 11.8 Å². The van der Waals surface area contributed by atoms with E-state index in [0.717, 1.165) is 46.3 Å². The third kappa shape index (κ3) is 4.97. The van der Waals surface area contributed by atoms with Crippen molar-refractivity contribution in [1.82, 2.24) is 4.57 Å². The molecular formula is C30H30FNO6. The first-order valence-electron chi connectivity index (χ1n) is 12.5. The van der Waals surface area contributed by atoms with E-state index in [1.807, 2.05) is 30.3 Å². The van der Waals surface area contributed by atoms with E-state index in [0.29, 0.717) is 25.4 Å². The second-order valence-corrected chi connectivity index (χ2v) is 9.28. The molecule has 1 N–H and O–H groups in total. The summed E-state index contributed by atoms with van der Waals surface area (Å²) in [6.07, 6.45) is 2.24. The van der Waals surface area contributed by atoms with Gasteiger partial charge in [-0.25, -0.2) is 9.18 Å². The minimum absolute atomic E-state index is 0.0913. The molecule has 0 aliphatic carbocycles. The van der Waals surface area contributed by atoms with E-state index in [1.165, 1.54) is 13.2 Å². The van der Waals surface area contributed by atoms with Crippen LogP contribution in [0.1, 0.15) is 45.9 Å². The summed E-state index contributed by atoms with van der Waals surface area (Å²) in [6.45, 7) is 1.39. The van der Waals surface area contributed by atoms with Gasteiger partial charge < -0.3 is 28.6 Å². The third-order valence-corrected chi connectivity index (χ3v) is 7.01. The number of halogens is 1. The average molecular weight is 520 g/mol. The highest BCUT2D eigenvalue weighted by atomic mass is 19.1. The van der Waals surface area contributed by atoms with Gasteiger partial charge in [-0.1, -0.05) is 18.2 Å². The number of ether oxygens (including phenoxy) is 4. The lowest BCUT2D eigenvalue weighted by molar-refractivity contribution is 0.0522. The predicted molar refractivity (Wildman–Crippen MR) is 141 cm³/mol. The lowest BCUT2D eigenvalue weighted by Crippen LogP contribution is -2.18. The van der Waals surface area contributed by atoms with Crippen LogP contribution in [0.4, 0.5) is 4.39 Å². The summed E-state index contributed by atoms with van der Waals surface area (Å²) in [6, 6.07) is 17.7. The summed E-state index contributed by atoms with van der Waals surface area (Å²) in [5.41, 5.74) is 5.10. The Morgan fingerprint density at radius 2 is 1.82 bits per heavy atom. The number of hydrogen-bond donors (Lipinski definition) is 1.